The van der Waals surface area contributed by atoms with E-state index in [-0.39, 0.29) is 0 Å². The average molecular weight is 619 g/mol. The van der Waals surface area contributed by atoms with Crippen LogP contribution >= 0.6 is 0 Å². The largest absolute Gasteiger partial charge is 0.457 e. The van der Waals surface area contributed by atoms with Crippen LogP contribution in [0.3, 0.4) is 0 Å². The second-order valence-electron chi connectivity index (χ2n) is 12.8. The van der Waals surface area contributed by atoms with Crippen molar-refractivity contribution in [2.24, 2.45) is 0 Å². The molecule has 3 heterocycles. The van der Waals surface area contributed by atoms with Gasteiger partial charge in [-0.25, -0.2) is 9.67 Å². The maximum Gasteiger partial charge on any atom is 0.137 e. The van der Waals surface area contributed by atoms with Crippen LogP contribution in [0.25, 0.3) is 44.4 Å². The molecule has 7 rings (SSSR count). The smallest absolute Gasteiger partial charge is 0.137 e. The number of aryl methyl sites for hydroxylation is 3. The summed E-state index contributed by atoms with van der Waals surface area (Å²) in [4.78, 5) is 4.80. The first-order chi connectivity index (χ1) is 22.8. The molecular formula is C42H42N4O. The molecule has 3 aromatic heterocycles. The fourth-order valence-corrected chi connectivity index (χ4v) is 6.82. The van der Waals surface area contributed by atoms with Crippen LogP contribution in [-0.2, 0) is 6.42 Å². The van der Waals surface area contributed by atoms with Crippen molar-refractivity contribution < 1.29 is 4.74 Å². The monoisotopic (exact) mass is 618 g/mol. The van der Waals surface area contributed by atoms with E-state index in [1.807, 2.05) is 12.3 Å². The van der Waals surface area contributed by atoms with Crippen LogP contribution in [0.4, 0.5) is 0 Å². The van der Waals surface area contributed by atoms with Crippen LogP contribution in [-0.4, -0.2) is 19.3 Å². The second-order valence-corrected chi connectivity index (χ2v) is 12.8. The van der Waals surface area contributed by atoms with Crippen LogP contribution in [0.2, 0.25) is 0 Å². The van der Waals surface area contributed by atoms with Crippen molar-refractivity contribution in [2.45, 2.75) is 66.7 Å². The van der Waals surface area contributed by atoms with Gasteiger partial charge < -0.3 is 4.74 Å². The van der Waals surface area contributed by atoms with Gasteiger partial charge in [0.25, 0.3) is 0 Å². The summed E-state index contributed by atoms with van der Waals surface area (Å²) >= 11 is 0. The van der Waals surface area contributed by atoms with Gasteiger partial charge in [0.1, 0.15) is 17.3 Å². The molecular weight excluding hydrogens is 576 g/mol. The Balaban J connectivity index is 1.34. The maximum atomic E-state index is 6.71. The zero-order valence-corrected chi connectivity index (χ0v) is 28.2. The number of hydrogen-bond acceptors (Lipinski definition) is 3. The molecule has 0 aliphatic carbocycles. The topological polar surface area (TPSA) is 44.9 Å². The number of nitrogens with zero attached hydrogens (tertiary/aromatic N) is 4. The van der Waals surface area contributed by atoms with Gasteiger partial charge in [0.15, 0.2) is 0 Å². The summed E-state index contributed by atoms with van der Waals surface area (Å²) in [5.41, 5.74) is 11.5. The van der Waals surface area contributed by atoms with E-state index in [2.05, 4.69) is 142 Å². The minimum absolute atomic E-state index is 0.494. The molecule has 1 unspecified atom stereocenters. The lowest BCUT2D eigenvalue weighted by Crippen LogP contribution is -2.01. The third kappa shape index (κ3) is 5.71. The molecule has 236 valence electrons. The van der Waals surface area contributed by atoms with Crippen molar-refractivity contribution in [3.8, 4) is 34.1 Å². The van der Waals surface area contributed by atoms with Crippen molar-refractivity contribution in [1.29, 1.82) is 0 Å². The lowest BCUT2D eigenvalue weighted by molar-refractivity contribution is 0.482. The minimum Gasteiger partial charge on any atom is -0.457 e. The number of pyridine rings is 1. The summed E-state index contributed by atoms with van der Waals surface area (Å²) in [5, 5.41) is 7.43. The molecule has 1 atom stereocenters. The highest BCUT2D eigenvalue weighted by Crippen LogP contribution is 2.38. The van der Waals surface area contributed by atoms with E-state index in [4.69, 9.17) is 14.8 Å². The molecule has 0 spiro atoms. The van der Waals surface area contributed by atoms with Crippen LogP contribution < -0.4 is 4.74 Å². The van der Waals surface area contributed by atoms with E-state index in [1.165, 1.54) is 38.6 Å². The SMILES string of the molecule is CCCc1cc(Oc2ccc3c4cc(C(C)CC)ccc4n(-c4cc(C)ccn4)c3c2)cc(-n2nc(C)c(-c3ccccc3)c2C)c1. The number of ether oxygens (including phenoxy) is 1. The number of aromatic nitrogens is 4. The Morgan fingerprint density at radius 3 is 2.36 bits per heavy atom. The van der Waals surface area contributed by atoms with E-state index in [0.29, 0.717) is 5.92 Å². The molecule has 4 aromatic carbocycles. The lowest BCUT2D eigenvalue weighted by Gasteiger charge is -2.13. The van der Waals surface area contributed by atoms with Crippen molar-refractivity contribution >= 4 is 21.8 Å². The van der Waals surface area contributed by atoms with Crippen LogP contribution in [0.5, 0.6) is 11.5 Å². The van der Waals surface area contributed by atoms with Gasteiger partial charge >= 0.3 is 0 Å². The predicted molar refractivity (Wildman–Crippen MR) is 195 cm³/mol. The second kappa shape index (κ2) is 12.6. The fraction of sp³-hybridized carbons (Fsp3) is 0.238. The number of rotatable bonds is 9. The number of benzene rings is 4. The molecule has 0 N–H and O–H groups in total. The van der Waals surface area contributed by atoms with E-state index < -0.39 is 0 Å². The molecule has 47 heavy (non-hydrogen) atoms. The quantitative estimate of drug-likeness (QED) is 0.162. The highest BCUT2D eigenvalue weighted by molar-refractivity contribution is 6.09. The van der Waals surface area contributed by atoms with Crippen molar-refractivity contribution in [1.82, 2.24) is 19.3 Å². The van der Waals surface area contributed by atoms with Gasteiger partial charge in [0.2, 0.25) is 0 Å². The summed E-state index contributed by atoms with van der Waals surface area (Å²) in [6.07, 6.45) is 4.99. The van der Waals surface area contributed by atoms with E-state index >= 15 is 0 Å². The Bertz CT molecular complexity index is 2220. The Labute approximate surface area is 277 Å². The van der Waals surface area contributed by atoms with E-state index in [0.717, 1.165) is 64.7 Å². The Morgan fingerprint density at radius 1 is 0.766 bits per heavy atom. The van der Waals surface area contributed by atoms with Crippen LogP contribution in [0.15, 0.2) is 103 Å². The standard InChI is InChI=1S/C42H42N4O/c1-7-12-31-22-34(46-30(6)42(29(5)44-46)32-13-10-9-11-14-32)25-36(23-31)47-35-16-17-37-38-24-33(28(4)8-2)15-18-39(38)45(40(37)26-35)41-21-27(3)19-20-43-41/h9-11,13-26,28H,7-8,12H2,1-6H3. The highest BCUT2D eigenvalue weighted by Gasteiger charge is 2.18. The van der Waals surface area contributed by atoms with Crippen molar-refractivity contribution in [3.05, 3.63) is 131 Å². The predicted octanol–water partition coefficient (Wildman–Crippen LogP) is 11.2. The molecule has 0 saturated carbocycles. The summed E-state index contributed by atoms with van der Waals surface area (Å²) in [5.74, 6) is 2.99. The van der Waals surface area contributed by atoms with Crippen molar-refractivity contribution in [3.63, 3.8) is 0 Å². The van der Waals surface area contributed by atoms with Gasteiger partial charge in [-0.3, -0.25) is 4.57 Å². The van der Waals surface area contributed by atoms with Gasteiger partial charge in [-0.15, -0.1) is 0 Å². The number of fused-ring (bicyclic) bond motifs is 3. The van der Waals surface area contributed by atoms with Gasteiger partial charge in [-0.05, 0) is 110 Å². The Hall–Kier alpha value is -5.16. The normalized spacial score (nSPS) is 12.2. The lowest BCUT2D eigenvalue weighted by atomic mass is 9.97. The van der Waals surface area contributed by atoms with Crippen LogP contribution in [0, 0.1) is 20.8 Å². The third-order valence-corrected chi connectivity index (χ3v) is 9.40. The van der Waals surface area contributed by atoms with Crippen molar-refractivity contribution in [2.75, 3.05) is 0 Å². The summed E-state index contributed by atoms with van der Waals surface area (Å²) in [6.45, 7) is 13.1. The molecule has 5 nitrogen and oxygen atoms in total. The average Bonchev–Trinajstić information content (AvgIpc) is 3.56. The first-order valence-corrected chi connectivity index (χ1v) is 16.8. The van der Waals surface area contributed by atoms with E-state index in [9.17, 15) is 0 Å². The van der Waals surface area contributed by atoms with E-state index in [1.54, 1.807) is 0 Å². The van der Waals surface area contributed by atoms with Crippen LogP contribution in [0.1, 0.15) is 67.6 Å². The molecule has 0 aliphatic rings. The fourth-order valence-electron chi connectivity index (χ4n) is 6.82. The molecule has 0 radical (unpaired) electrons. The summed E-state index contributed by atoms with van der Waals surface area (Å²) in [7, 11) is 0. The minimum atomic E-state index is 0.494. The molecule has 0 saturated heterocycles. The molecule has 7 aromatic rings. The third-order valence-electron chi connectivity index (χ3n) is 9.40. The summed E-state index contributed by atoms with van der Waals surface area (Å²) in [6, 6.07) is 34.5. The molecule has 5 heteroatoms. The highest BCUT2D eigenvalue weighted by atomic mass is 16.5. The Kier molecular flexibility index (Phi) is 8.15. The molecule has 0 amide bonds. The first-order valence-electron chi connectivity index (χ1n) is 16.8. The molecule has 0 bridgehead atoms. The zero-order chi connectivity index (χ0) is 32.7. The Morgan fingerprint density at radius 2 is 1.60 bits per heavy atom. The van der Waals surface area contributed by atoms with Gasteiger partial charge in [0, 0.05) is 40.4 Å². The zero-order valence-electron chi connectivity index (χ0n) is 28.2. The first kappa shape index (κ1) is 30.5. The summed E-state index contributed by atoms with van der Waals surface area (Å²) < 4.78 is 11.0. The molecule has 0 aliphatic heterocycles. The van der Waals surface area contributed by atoms with Gasteiger partial charge in [-0.1, -0.05) is 63.6 Å². The van der Waals surface area contributed by atoms with Gasteiger partial charge in [0.05, 0.1) is 22.4 Å². The molecule has 0 fully saturated rings. The maximum absolute atomic E-state index is 6.71. The van der Waals surface area contributed by atoms with Gasteiger partial charge in [-0.2, -0.15) is 5.10 Å². The number of hydrogen-bond donors (Lipinski definition) is 0.